The quantitative estimate of drug-likeness (QED) is 0.626. The van der Waals surface area contributed by atoms with Crippen molar-refractivity contribution in [1.82, 2.24) is 10.2 Å². The molecule has 1 aliphatic rings. The highest BCUT2D eigenvalue weighted by molar-refractivity contribution is 5.86. The molecule has 1 rings (SSSR count). The Morgan fingerprint density at radius 3 is 2.62 bits per heavy atom. The van der Waals surface area contributed by atoms with E-state index in [1.54, 1.807) is 7.05 Å². The van der Waals surface area contributed by atoms with E-state index >= 15 is 0 Å². The molecule has 6 heteroatoms. The van der Waals surface area contributed by atoms with Gasteiger partial charge in [0, 0.05) is 20.2 Å². The van der Waals surface area contributed by atoms with E-state index in [4.69, 9.17) is 5.11 Å². The van der Waals surface area contributed by atoms with Crippen LogP contribution in [-0.4, -0.2) is 52.9 Å². The highest BCUT2D eigenvalue weighted by Gasteiger charge is 2.43. The molecule has 21 heavy (non-hydrogen) atoms. The van der Waals surface area contributed by atoms with E-state index in [-0.39, 0.29) is 12.6 Å². The molecule has 0 aromatic heterocycles. The Morgan fingerprint density at radius 1 is 1.33 bits per heavy atom. The number of hydrogen-bond acceptors (Lipinski definition) is 3. The van der Waals surface area contributed by atoms with Crippen molar-refractivity contribution in [3.8, 4) is 0 Å². The number of urea groups is 1. The molecule has 0 heterocycles. The van der Waals surface area contributed by atoms with Crippen LogP contribution in [0.25, 0.3) is 0 Å². The lowest BCUT2D eigenvalue weighted by Gasteiger charge is -2.38. The number of rotatable bonds is 7. The molecule has 3 N–H and O–H groups in total. The second-order valence-corrected chi connectivity index (χ2v) is 6.22. The molecule has 0 spiro atoms. The van der Waals surface area contributed by atoms with E-state index in [9.17, 15) is 14.7 Å². The fourth-order valence-electron chi connectivity index (χ4n) is 2.95. The van der Waals surface area contributed by atoms with E-state index in [1.165, 1.54) is 4.90 Å². The van der Waals surface area contributed by atoms with Crippen LogP contribution >= 0.6 is 0 Å². The average Bonchev–Trinajstić information content (AvgIpc) is 2.43. The van der Waals surface area contributed by atoms with Crippen molar-refractivity contribution in [2.24, 2.45) is 5.92 Å². The molecular formula is C15H28N2O4. The van der Waals surface area contributed by atoms with Crippen molar-refractivity contribution in [3.05, 3.63) is 0 Å². The first kappa shape index (κ1) is 17.8. The summed E-state index contributed by atoms with van der Waals surface area (Å²) in [6.45, 7) is 2.76. The van der Waals surface area contributed by atoms with Gasteiger partial charge in [0.25, 0.3) is 0 Å². The number of unbranched alkanes of at least 4 members (excludes halogenated alkanes) is 2. The highest BCUT2D eigenvalue weighted by Crippen LogP contribution is 2.32. The van der Waals surface area contributed by atoms with Crippen molar-refractivity contribution in [3.63, 3.8) is 0 Å². The fraction of sp³-hybridized carbons (Fsp3) is 0.867. The first-order valence-electron chi connectivity index (χ1n) is 7.79. The number of amides is 2. The van der Waals surface area contributed by atoms with Gasteiger partial charge in [0.15, 0.2) is 0 Å². The third-order valence-electron chi connectivity index (χ3n) is 4.25. The SMILES string of the molecule is CC1CCCC(NC(=O)N(C)CCCCCO)(C(=O)O)C1. The summed E-state index contributed by atoms with van der Waals surface area (Å²) in [5, 5.41) is 21.0. The van der Waals surface area contributed by atoms with E-state index in [1.807, 2.05) is 6.92 Å². The Morgan fingerprint density at radius 2 is 2.05 bits per heavy atom. The molecule has 0 bridgehead atoms. The third kappa shape index (κ3) is 5.19. The topological polar surface area (TPSA) is 89.9 Å². The summed E-state index contributed by atoms with van der Waals surface area (Å²) in [5.74, 6) is -0.624. The van der Waals surface area contributed by atoms with Crippen molar-refractivity contribution < 1.29 is 19.8 Å². The highest BCUT2D eigenvalue weighted by atomic mass is 16.4. The van der Waals surface area contributed by atoms with Crippen molar-refractivity contribution in [1.29, 1.82) is 0 Å². The smallest absolute Gasteiger partial charge is 0.329 e. The summed E-state index contributed by atoms with van der Waals surface area (Å²) in [6.07, 6.45) is 5.22. The zero-order valence-corrected chi connectivity index (χ0v) is 13.1. The van der Waals surface area contributed by atoms with Crippen LogP contribution in [0.4, 0.5) is 4.79 Å². The second-order valence-electron chi connectivity index (χ2n) is 6.22. The summed E-state index contributed by atoms with van der Waals surface area (Å²) in [4.78, 5) is 25.3. The minimum atomic E-state index is -1.12. The summed E-state index contributed by atoms with van der Waals surface area (Å²) < 4.78 is 0. The van der Waals surface area contributed by atoms with Gasteiger partial charge in [-0.15, -0.1) is 0 Å². The summed E-state index contributed by atoms with van der Waals surface area (Å²) >= 11 is 0. The van der Waals surface area contributed by atoms with Gasteiger partial charge in [-0.1, -0.05) is 19.8 Å². The maximum absolute atomic E-state index is 12.2. The second kappa shape index (κ2) is 8.22. The Bertz CT molecular complexity index is 362. The van der Waals surface area contributed by atoms with Gasteiger partial charge in [-0.2, -0.15) is 0 Å². The van der Waals surface area contributed by atoms with E-state index < -0.39 is 11.5 Å². The molecule has 2 atom stereocenters. The first-order valence-corrected chi connectivity index (χ1v) is 7.79. The van der Waals surface area contributed by atoms with Crippen LogP contribution in [0.3, 0.4) is 0 Å². The normalized spacial score (nSPS) is 25.4. The Kier molecular flexibility index (Phi) is 6.95. The lowest BCUT2D eigenvalue weighted by molar-refractivity contribution is -0.146. The number of hydrogen-bond donors (Lipinski definition) is 3. The van der Waals surface area contributed by atoms with Crippen LogP contribution in [0, 0.1) is 5.92 Å². The molecule has 1 aliphatic carbocycles. The molecule has 1 saturated carbocycles. The first-order chi connectivity index (χ1) is 9.91. The molecule has 122 valence electrons. The van der Waals surface area contributed by atoms with E-state index in [0.29, 0.717) is 25.3 Å². The van der Waals surface area contributed by atoms with E-state index in [2.05, 4.69) is 5.32 Å². The minimum Gasteiger partial charge on any atom is -0.480 e. The number of nitrogens with one attached hydrogen (secondary N) is 1. The number of nitrogens with zero attached hydrogens (tertiary/aromatic N) is 1. The lowest BCUT2D eigenvalue weighted by Crippen LogP contribution is -2.59. The zero-order chi connectivity index (χ0) is 15.9. The number of aliphatic carboxylic acids is 1. The van der Waals surface area contributed by atoms with Gasteiger partial charge < -0.3 is 20.4 Å². The van der Waals surface area contributed by atoms with Crippen molar-refractivity contribution >= 4 is 12.0 Å². The molecule has 0 aromatic carbocycles. The molecule has 2 amide bonds. The van der Waals surface area contributed by atoms with Gasteiger partial charge >= 0.3 is 12.0 Å². The van der Waals surface area contributed by atoms with Gasteiger partial charge in [-0.05, 0) is 38.0 Å². The van der Waals surface area contributed by atoms with Crippen LogP contribution in [-0.2, 0) is 4.79 Å². The zero-order valence-electron chi connectivity index (χ0n) is 13.1. The Hall–Kier alpha value is -1.30. The van der Waals surface area contributed by atoms with E-state index in [0.717, 1.165) is 32.1 Å². The molecule has 0 saturated heterocycles. The van der Waals surface area contributed by atoms with Crippen LogP contribution in [0.2, 0.25) is 0 Å². The number of carboxylic acids is 1. The van der Waals surface area contributed by atoms with Gasteiger partial charge in [0.05, 0.1) is 0 Å². The number of aliphatic hydroxyl groups excluding tert-OH is 1. The van der Waals surface area contributed by atoms with Crippen molar-refractivity contribution in [2.75, 3.05) is 20.2 Å². The molecule has 1 fully saturated rings. The maximum Gasteiger partial charge on any atom is 0.329 e. The molecule has 0 aliphatic heterocycles. The minimum absolute atomic E-state index is 0.163. The summed E-state index contributed by atoms with van der Waals surface area (Å²) in [7, 11) is 1.68. The monoisotopic (exact) mass is 300 g/mol. The number of carboxylic acid groups (broad SMARTS) is 1. The van der Waals surface area contributed by atoms with Crippen LogP contribution in [0.1, 0.15) is 51.9 Å². The molecule has 0 radical (unpaired) electrons. The Balaban J connectivity index is 2.54. The predicted octanol–water partition coefficient (Wildman–Crippen LogP) is 1.82. The molecule has 2 unspecified atom stereocenters. The van der Waals surface area contributed by atoms with Crippen LogP contribution in [0.15, 0.2) is 0 Å². The number of aliphatic hydroxyl groups is 1. The molecular weight excluding hydrogens is 272 g/mol. The number of carbonyl (C=O) groups excluding carboxylic acids is 1. The van der Waals surface area contributed by atoms with Gasteiger partial charge in [-0.3, -0.25) is 0 Å². The summed E-state index contributed by atoms with van der Waals surface area (Å²) in [6, 6.07) is -0.324. The predicted molar refractivity (Wildman–Crippen MR) is 80.1 cm³/mol. The average molecular weight is 300 g/mol. The molecule has 0 aromatic rings. The number of carbonyl (C=O) groups is 2. The standard InChI is InChI=1S/C15H28N2O4/c1-12-7-6-8-15(11-12,13(19)20)16-14(21)17(2)9-4-3-5-10-18/h12,18H,3-11H2,1-2H3,(H,16,21)(H,19,20). The van der Waals surface area contributed by atoms with Gasteiger partial charge in [0.1, 0.15) is 5.54 Å². The lowest BCUT2D eigenvalue weighted by atomic mass is 9.76. The van der Waals surface area contributed by atoms with Crippen LogP contribution < -0.4 is 5.32 Å². The summed E-state index contributed by atoms with van der Waals surface area (Å²) in [5.41, 5.74) is -1.12. The van der Waals surface area contributed by atoms with Crippen LogP contribution in [0.5, 0.6) is 0 Å². The van der Waals surface area contributed by atoms with Gasteiger partial charge in [0.2, 0.25) is 0 Å². The molecule has 6 nitrogen and oxygen atoms in total. The Labute approximate surface area is 126 Å². The maximum atomic E-state index is 12.2. The largest absolute Gasteiger partial charge is 0.480 e. The van der Waals surface area contributed by atoms with Gasteiger partial charge in [-0.25, -0.2) is 9.59 Å². The third-order valence-corrected chi connectivity index (χ3v) is 4.25. The fourth-order valence-corrected chi connectivity index (χ4v) is 2.95. The van der Waals surface area contributed by atoms with Crippen molar-refractivity contribution in [2.45, 2.75) is 57.4 Å².